The second-order valence-corrected chi connectivity index (χ2v) is 3.57. The molecule has 2 rings (SSSR count). The summed E-state index contributed by atoms with van der Waals surface area (Å²) in [6.07, 6.45) is 2.68. The van der Waals surface area contributed by atoms with Crippen LogP contribution in [0.1, 0.15) is 19.8 Å². The summed E-state index contributed by atoms with van der Waals surface area (Å²) < 4.78 is 0. The van der Waals surface area contributed by atoms with E-state index < -0.39 is 0 Å². The van der Waals surface area contributed by atoms with E-state index in [0.29, 0.717) is 5.54 Å². The van der Waals surface area contributed by atoms with Crippen LogP contribution < -0.4 is 10.6 Å². The Morgan fingerprint density at radius 1 is 1.60 bits per heavy atom. The second-order valence-electron chi connectivity index (χ2n) is 3.57. The minimum atomic E-state index is 0.523. The first-order chi connectivity index (χ1) is 4.87. The van der Waals surface area contributed by atoms with Crippen molar-refractivity contribution in [2.75, 3.05) is 19.6 Å². The second kappa shape index (κ2) is 2.21. The van der Waals surface area contributed by atoms with Gasteiger partial charge in [-0.3, -0.25) is 0 Å². The molecule has 1 spiro atoms. The van der Waals surface area contributed by atoms with Gasteiger partial charge >= 0.3 is 0 Å². The molecule has 0 aromatic carbocycles. The van der Waals surface area contributed by atoms with Crippen molar-refractivity contribution in [3.8, 4) is 0 Å². The van der Waals surface area contributed by atoms with Crippen LogP contribution in [0.2, 0.25) is 0 Å². The number of hydrogen-bond donors (Lipinski definition) is 2. The van der Waals surface area contributed by atoms with E-state index >= 15 is 0 Å². The lowest BCUT2D eigenvalue weighted by molar-refractivity contribution is 0.116. The summed E-state index contributed by atoms with van der Waals surface area (Å²) in [4.78, 5) is 0. The molecule has 0 aromatic rings. The third-order valence-corrected chi connectivity index (χ3v) is 3.16. The summed E-state index contributed by atoms with van der Waals surface area (Å²) in [6, 6.07) is 0. The first-order valence-corrected chi connectivity index (χ1v) is 4.33. The highest BCUT2D eigenvalue weighted by molar-refractivity contribution is 5.07. The fourth-order valence-corrected chi connectivity index (χ4v) is 2.28. The molecule has 2 fully saturated rings. The van der Waals surface area contributed by atoms with Gasteiger partial charge in [0.15, 0.2) is 0 Å². The highest BCUT2D eigenvalue weighted by Crippen LogP contribution is 2.33. The number of rotatable bonds is 1. The zero-order chi connectivity index (χ0) is 7.03. The van der Waals surface area contributed by atoms with E-state index in [1.54, 1.807) is 0 Å². The standard InChI is InChI=1S/C8H16N2/c1-2-7-5-10-8(7)3-4-9-6-8/h7,9-10H,2-6H2,1H3/t7-,8-/m0/s1. The van der Waals surface area contributed by atoms with E-state index in [-0.39, 0.29) is 0 Å². The molecule has 0 aliphatic carbocycles. The molecular formula is C8H16N2. The van der Waals surface area contributed by atoms with Crippen LogP contribution in [0, 0.1) is 5.92 Å². The lowest BCUT2D eigenvalue weighted by atomic mass is 9.74. The van der Waals surface area contributed by atoms with Crippen LogP contribution in [0.25, 0.3) is 0 Å². The van der Waals surface area contributed by atoms with Gasteiger partial charge in [0.1, 0.15) is 0 Å². The molecule has 2 aliphatic rings. The molecule has 0 radical (unpaired) electrons. The molecule has 0 aromatic heterocycles. The predicted molar refractivity (Wildman–Crippen MR) is 42.0 cm³/mol. The van der Waals surface area contributed by atoms with Crippen molar-refractivity contribution in [2.45, 2.75) is 25.3 Å². The molecule has 10 heavy (non-hydrogen) atoms. The van der Waals surface area contributed by atoms with Crippen LogP contribution in [0.4, 0.5) is 0 Å². The molecule has 0 unspecified atom stereocenters. The van der Waals surface area contributed by atoms with Crippen LogP contribution in [0.5, 0.6) is 0 Å². The summed E-state index contributed by atoms with van der Waals surface area (Å²) in [5.41, 5.74) is 0.523. The van der Waals surface area contributed by atoms with E-state index in [4.69, 9.17) is 0 Å². The van der Waals surface area contributed by atoms with E-state index in [9.17, 15) is 0 Å². The minimum absolute atomic E-state index is 0.523. The maximum Gasteiger partial charge on any atom is 0.0358 e. The zero-order valence-corrected chi connectivity index (χ0v) is 6.61. The molecule has 2 atom stereocenters. The van der Waals surface area contributed by atoms with Crippen LogP contribution in [-0.4, -0.2) is 25.2 Å². The maximum absolute atomic E-state index is 3.56. The Bertz CT molecular complexity index is 125. The maximum atomic E-state index is 3.56. The van der Waals surface area contributed by atoms with Crippen molar-refractivity contribution in [1.82, 2.24) is 10.6 Å². The third kappa shape index (κ3) is 0.722. The predicted octanol–water partition coefficient (Wildman–Crippen LogP) is 0.348. The fraction of sp³-hybridized carbons (Fsp3) is 1.00. The molecule has 0 saturated carbocycles. The van der Waals surface area contributed by atoms with Crippen LogP contribution in [0.3, 0.4) is 0 Å². The van der Waals surface area contributed by atoms with Crippen molar-refractivity contribution >= 4 is 0 Å². The third-order valence-electron chi connectivity index (χ3n) is 3.16. The van der Waals surface area contributed by atoms with Crippen molar-refractivity contribution in [3.05, 3.63) is 0 Å². The lowest BCUT2D eigenvalue weighted by Gasteiger charge is -2.48. The summed E-state index contributed by atoms with van der Waals surface area (Å²) in [6.45, 7) is 5.96. The van der Waals surface area contributed by atoms with E-state index in [2.05, 4.69) is 17.6 Å². The molecule has 2 nitrogen and oxygen atoms in total. The molecule has 2 saturated heterocycles. The van der Waals surface area contributed by atoms with Gasteiger partial charge in [0.05, 0.1) is 0 Å². The van der Waals surface area contributed by atoms with Gasteiger partial charge in [0, 0.05) is 18.6 Å². The van der Waals surface area contributed by atoms with Crippen molar-refractivity contribution in [1.29, 1.82) is 0 Å². The Kier molecular flexibility index (Phi) is 1.46. The minimum Gasteiger partial charge on any atom is -0.315 e. The number of nitrogens with one attached hydrogen (secondary N) is 2. The van der Waals surface area contributed by atoms with Gasteiger partial charge in [-0.15, -0.1) is 0 Å². The quantitative estimate of drug-likeness (QED) is 0.549. The normalized spacial score (nSPS) is 45.9. The monoisotopic (exact) mass is 140 g/mol. The first-order valence-electron chi connectivity index (χ1n) is 4.33. The van der Waals surface area contributed by atoms with Crippen LogP contribution in [0.15, 0.2) is 0 Å². The first kappa shape index (κ1) is 6.62. The Morgan fingerprint density at radius 2 is 2.50 bits per heavy atom. The van der Waals surface area contributed by atoms with Crippen LogP contribution in [-0.2, 0) is 0 Å². The largest absolute Gasteiger partial charge is 0.315 e. The Morgan fingerprint density at radius 3 is 2.90 bits per heavy atom. The highest BCUT2D eigenvalue weighted by atomic mass is 15.1. The van der Waals surface area contributed by atoms with Gasteiger partial charge in [-0.2, -0.15) is 0 Å². The smallest absolute Gasteiger partial charge is 0.0358 e. The summed E-state index contributed by atoms with van der Waals surface area (Å²) in [7, 11) is 0. The Balaban J connectivity index is 2.01. The van der Waals surface area contributed by atoms with Gasteiger partial charge in [-0.05, 0) is 18.9 Å². The van der Waals surface area contributed by atoms with Gasteiger partial charge in [0.25, 0.3) is 0 Å². The van der Waals surface area contributed by atoms with Gasteiger partial charge < -0.3 is 10.6 Å². The Labute approximate surface area is 62.4 Å². The van der Waals surface area contributed by atoms with Crippen LogP contribution >= 0.6 is 0 Å². The average Bonchev–Trinajstić information content (AvgIpc) is 2.35. The summed E-state index contributed by atoms with van der Waals surface area (Å²) in [5.74, 6) is 0.947. The topological polar surface area (TPSA) is 24.1 Å². The zero-order valence-electron chi connectivity index (χ0n) is 6.61. The van der Waals surface area contributed by atoms with E-state index in [0.717, 1.165) is 5.92 Å². The molecule has 2 heterocycles. The average molecular weight is 140 g/mol. The van der Waals surface area contributed by atoms with Gasteiger partial charge in [-0.1, -0.05) is 13.3 Å². The van der Waals surface area contributed by atoms with Gasteiger partial charge in [0.2, 0.25) is 0 Å². The molecule has 0 bridgehead atoms. The molecule has 58 valence electrons. The summed E-state index contributed by atoms with van der Waals surface area (Å²) >= 11 is 0. The lowest BCUT2D eigenvalue weighted by Crippen LogP contribution is -2.66. The molecule has 2 aliphatic heterocycles. The molecule has 0 amide bonds. The van der Waals surface area contributed by atoms with Crippen molar-refractivity contribution < 1.29 is 0 Å². The molecular weight excluding hydrogens is 124 g/mol. The van der Waals surface area contributed by atoms with Crippen molar-refractivity contribution in [2.24, 2.45) is 5.92 Å². The SMILES string of the molecule is CC[C@H]1CN[C@]12CCNC2. The molecule has 2 N–H and O–H groups in total. The highest BCUT2D eigenvalue weighted by Gasteiger charge is 2.46. The fourth-order valence-electron chi connectivity index (χ4n) is 2.28. The Hall–Kier alpha value is -0.0800. The van der Waals surface area contributed by atoms with Gasteiger partial charge in [-0.25, -0.2) is 0 Å². The van der Waals surface area contributed by atoms with Crippen molar-refractivity contribution in [3.63, 3.8) is 0 Å². The summed E-state index contributed by atoms with van der Waals surface area (Å²) in [5, 5.41) is 6.98. The van der Waals surface area contributed by atoms with E-state index in [1.807, 2.05) is 0 Å². The van der Waals surface area contributed by atoms with E-state index in [1.165, 1.54) is 32.5 Å². The number of hydrogen-bond acceptors (Lipinski definition) is 2. The molecule has 2 heteroatoms.